The molecule has 1 atom stereocenters. The number of likely N-dealkylation sites (N-methyl/N-ethyl adjacent to an activating group) is 1. The second-order valence-electron chi connectivity index (χ2n) is 7.62. The van der Waals surface area contributed by atoms with Gasteiger partial charge in [0.15, 0.2) is 0 Å². The third-order valence-corrected chi connectivity index (χ3v) is 5.21. The van der Waals surface area contributed by atoms with Crippen molar-refractivity contribution in [3.63, 3.8) is 0 Å². The first kappa shape index (κ1) is 20.8. The van der Waals surface area contributed by atoms with Gasteiger partial charge in [-0.3, -0.25) is 20.0 Å². The number of carbonyl (C=O) groups excluding carboxylic acids is 2. The molecule has 0 spiro atoms. The van der Waals surface area contributed by atoms with Gasteiger partial charge in [0.05, 0.1) is 13.1 Å². The molecule has 1 aromatic heterocycles. The maximum Gasteiger partial charge on any atom is 0.305 e. The van der Waals surface area contributed by atoms with E-state index >= 15 is 0 Å². The van der Waals surface area contributed by atoms with Crippen molar-refractivity contribution in [1.29, 1.82) is 0 Å². The van der Waals surface area contributed by atoms with Crippen LogP contribution < -0.4 is 15.8 Å². The number of para-hydroxylation sites is 1. The lowest BCUT2D eigenvalue weighted by molar-refractivity contribution is -0.116. The number of hydrogen-bond acceptors (Lipinski definition) is 8. The number of benzene rings is 1. The maximum absolute atomic E-state index is 12.7. The largest absolute Gasteiger partial charge is 0.309 e. The van der Waals surface area contributed by atoms with Gasteiger partial charge in [-0.15, -0.1) is 5.10 Å². The van der Waals surface area contributed by atoms with Crippen LogP contribution in [0.15, 0.2) is 42.2 Å². The van der Waals surface area contributed by atoms with Crippen LogP contribution in [0.1, 0.15) is 17.5 Å². The van der Waals surface area contributed by atoms with Crippen LogP contribution in [-0.4, -0.2) is 81.8 Å². The standard InChI is InChI=1S/C20H27N9O2/c1-15-13-17(25(2)14-30)28(22-15)11-9-26(3)24-19(31)18-21-20-27(10-12-29(20)23-18)16-7-5-4-6-8-16/h4-8,13-15,22H,9-12H2,1-3H3,(H,24,31). The molecule has 2 aliphatic rings. The second-order valence-corrected chi connectivity index (χ2v) is 7.62. The Hall–Kier alpha value is -3.44. The van der Waals surface area contributed by atoms with Crippen LogP contribution in [0.4, 0.5) is 11.6 Å². The molecule has 1 aromatic carbocycles. The number of rotatable bonds is 8. The first-order chi connectivity index (χ1) is 15.0. The van der Waals surface area contributed by atoms with Crippen molar-refractivity contribution < 1.29 is 9.59 Å². The second kappa shape index (κ2) is 8.74. The van der Waals surface area contributed by atoms with Crippen molar-refractivity contribution in [1.82, 2.24) is 40.5 Å². The van der Waals surface area contributed by atoms with E-state index in [9.17, 15) is 9.59 Å². The van der Waals surface area contributed by atoms with Gasteiger partial charge in [0.2, 0.25) is 18.2 Å². The molecule has 2 amide bonds. The van der Waals surface area contributed by atoms with Crippen LogP contribution in [0.3, 0.4) is 0 Å². The smallest absolute Gasteiger partial charge is 0.305 e. The molecule has 3 heterocycles. The summed E-state index contributed by atoms with van der Waals surface area (Å²) in [7, 11) is 3.49. The Morgan fingerprint density at radius 3 is 2.81 bits per heavy atom. The number of hydrogen-bond donors (Lipinski definition) is 2. The van der Waals surface area contributed by atoms with E-state index < -0.39 is 0 Å². The Balaban J connectivity index is 1.34. The zero-order chi connectivity index (χ0) is 22.0. The third kappa shape index (κ3) is 4.37. The summed E-state index contributed by atoms with van der Waals surface area (Å²) in [5.41, 5.74) is 7.11. The van der Waals surface area contributed by atoms with Gasteiger partial charge in [0, 0.05) is 38.9 Å². The summed E-state index contributed by atoms with van der Waals surface area (Å²) in [6, 6.07) is 10.1. The van der Waals surface area contributed by atoms with Gasteiger partial charge in [-0.25, -0.2) is 15.1 Å². The number of hydrazine groups is 2. The van der Waals surface area contributed by atoms with E-state index in [1.165, 1.54) is 4.90 Å². The number of amides is 2. The molecule has 2 aliphatic heterocycles. The highest BCUT2D eigenvalue weighted by atomic mass is 16.2. The molecular weight excluding hydrogens is 398 g/mol. The highest BCUT2D eigenvalue weighted by Crippen LogP contribution is 2.27. The first-order valence-corrected chi connectivity index (χ1v) is 10.2. The minimum absolute atomic E-state index is 0.127. The number of carbonyl (C=O) groups is 2. The fourth-order valence-electron chi connectivity index (χ4n) is 3.66. The number of nitrogens with one attached hydrogen (secondary N) is 2. The highest BCUT2D eigenvalue weighted by molar-refractivity contribution is 5.90. The van der Waals surface area contributed by atoms with Gasteiger partial charge < -0.3 is 9.80 Å². The number of anilines is 2. The summed E-state index contributed by atoms with van der Waals surface area (Å²) in [4.78, 5) is 31.8. The highest BCUT2D eigenvalue weighted by Gasteiger charge is 2.27. The zero-order valence-corrected chi connectivity index (χ0v) is 17.9. The summed E-state index contributed by atoms with van der Waals surface area (Å²) in [6.07, 6.45) is 2.74. The van der Waals surface area contributed by atoms with Crippen molar-refractivity contribution >= 4 is 24.0 Å². The van der Waals surface area contributed by atoms with Crippen molar-refractivity contribution in [2.45, 2.75) is 19.5 Å². The third-order valence-electron chi connectivity index (χ3n) is 5.21. The average molecular weight is 425 g/mol. The van der Waals surface area contributed by atoms with E-state index in [-0.39, 0.29) is 17.8 Å². The van der Waals surface area contributed by atoms with Crippen LogP contribution in [0, 0.1) is 0 Å². The Kier molecular flexibility index (Phi) is 5.87. The summed E-state index contributed by atoms with van der Waals surface area (Å²) < 4.78 is 1.75. The van der Waals surface area contributed by atoms with Gasteiger partial charge in [-0.05, 0) is 25.1 Å². The molecule has 164 valence electrons. The van der Waals surface area contributed by atoms with Gasteiger partial charge in [-0.2, -0.15) is 4.98 Å². The molecule has 4 rings (SSSR count). The maximum atomic E-state index is 12.7. The molecule has 0 saturated heterocycles. The quantitative estimate of drug-likeness (QED) is 0.455. The van der Waals surface area contributed by atoms with Crippen LogP contribution in [0.2, 0.25) is 0 Å². The van der Waals surface area contributed by atoms with Gasteiger partial charge in [0.1, 0.15) is 5.82 Å². The molecule has 0 fully saturated rings. The molecule has 11 nitrogen and oxygen atoms in total. The number of nitrogens with zero attached hydrogens (tertiary/aromatic N) is 7. The van der Waals surface area contributed by atoms with Crippen LogP contribution in [-0.2, 0) is 11.3 Å². The summed E-state index contributed by atoms with van der Waals surface area (Å²) >= 11 is 0. The summed E-state index contributed by atoms with van der Waals surface area (Å²) in [5, 5.41) is 7.94. The zero-order valence-electron chi connectivity index (χ0n) is 17.9. The molecule has 1 unspecified atom stereocenters. The van der Waals surface area contributed by atoms with Crippen molar-refractivity contribution in [2.75, 3.05) is 38.6 Å². The molecule has 2 N–H and O–H groups in total. The molecule has 0 aliphatic carbocycles. The topological polar surface area (TPSA) is 102 Å². The van der Waals surface area contributed by atoms with Crippen molar-refractivity contribution in [3.05, 3.63) is 48.1 Å². The molecule has 2 aromatic rings. The van der Waals surface area contributed by atoms with Crippen LogP contribution >= 0.6 is 0 Å². The van der Waals surface area contributed by atoms with Gasteiger partial charge in [-0.1, -0.05) is 18.2 Å². The lowest BCUT2D eigenvalue weighted by Gasteiger charge is -2.28. The Morgan fingerprint density at radius 1 is 1.29 bits per heavy atom. The Bertz CT molecular complexity index is 974. The lowest BCUT2D eigenvalue weighted by Crippen LogP contribution is -2.47. The normalized spacial score (nSPS) is 17.7. The van der Waals surface area contributed by atoms with Crippen molar-refractivity contribution in [2.24, 2.45) is 0 Å². The van der Waals surface area contributed by atoms with Crippen LogP contribution in [0.25, 0.3) is 0 Å². The predicted octanol–water partition coefficient (Wildman–Crippen LogP) is 0.145. The van der Waals surface area contributed by atoms with E-state index in [0.717, 1.165) is 24.5 Å². The summed E-state index contributed by atoms with van der Waals surface area (Å²) in [5.74, 6) is 1.23. The lowest BCUT2D eigenvalue weighted by atomic mass is 10.3. The number of fused-ring (bicyclic) bond motifs is 1. The SMILES string of the molecule is CC1C=C(N(C)C=O)N(CCN(C)NC(=O)c2nc3n(n2)CCN3c2ccccc2)N1. The van der Waals surface area contributed by atoms with E-state index in [1.54, 1.807) is 23.8 Å². The van der Waals surface area contributed by atoms with E-state index in [0.29, 0.717) is 25.6 Å². The van der Waals surface area contributed by atoms with Crippen LogP contribution in [0.5, 0.6) is 0 Å². The molecular formula is C20H27N9O2. The molecule has 11 heteroatoms. The monoisotopic (exact) mass is 425 g/mol. The summed E-state index contributed by atoms with van der Waals surface area (Å²) in [6.45, 7) is 4.55. The fourth-order valence-corrected chi connectivity index (χ4v) is 3.66. The molecule has 0 radical (unpaired) electrons. The van der Waals surface area contributed by atoms with E-state index in [2.05, 4.69) is 20.9 Å². The van der Waals surface area contributed by atoms with Gasteiger partial charge in [0.25, 0.3) is 0 Å². The first-order valence-electron chi connectivity index (χ1n) is 10.2. The van der Waals surface area contributed by atoms with E-state index in [4.69, 9.17) is 0 Å². The van der Waals surface area contributed by atoms with E-state index in [1.807, 2.05) is 53.2 Å². The minimum atomic E-state index is -0.360. The molecule has 31 heavy (non-hydrogen) atoms. The predicted molar refractivity (Wildman–Crippen MR) is 115 cm³/mol. The molecule has 0 bridgehead atoms. The average Bonchev–Trinajstić information content (AvgIpc) is 3.46. The van der Waals surface area contributed by atoms with Crippen molar-refractivity contribution in [3.8, 4) is 0 Å². The van der Waals surface area contributed by atoms with Gasteiger partial charge >= 0.3 is 5.91 Å². The Labute approximate surface area is 180 Å². The Morgan fingerprint density at radius 2 is 2.06 bits per heavy atom. The minimum Gasteiger partial charge on any atom is -0.309 e. The molecule has 0 saturated carbocycles. The number of aromatic nitrogens is 3. The fraction of sp³-hybridized carbons (Fsp3) is 0.400.